The van der Waals surface area contributed by atoms with Crippen LogP contribution in [0.25, 0.3) is 22.6 Å². The summed E-state index contributed by atoms with van der Waals surface area (Å²) in [6, 6.07) is 7.20. The lowest BCUT2D eigenvalue weighted by Gasteiger charge is -2.07. The number of hydrogen-bond acceptors (Lipinski definition) is 6. The zero-order valence-electron chi connectivity index (χ0n) is 11.9. The van der Waals surface area contributed by atoms with E-state index in [0.717, 1.165) is 10.5 Å². The van der Waals surface area contributed by atoms with E-state index in [4.69, 9.17) is 4.74 Å². The van der Waals surface area contributed by atoms with Crippen LogP contribution in [0.15, 0.2) is 35.4 Å². The lowest BCUT2D eigenvalue weighted by molar-refractivity contribution is -0.385. The van der Waals surface area contributed by atoms with Crippen molar-refractivity contribution in [2.75, 3.05) is 13.4 Å². The van der Waals surface area contributed by atoms with Gasteiger partial charge in [0.1, 0.15) is 17.8 Å². The van der Waals surface area contributed by atoms with Crippen LogP contribution >= 0.6 is 11.8 Å². The van der Waals surface area contributed by atoms with Crippen molar-refractivity contribution in [3.05, 3.63) is 40.6 Å². The van der Waals surface area contributed by atoms with Gasteiger partial charge in [0, 0.05) is 11.0 Å². The van der Waals surface area contributed by atoms with Crippen molar-refractivity contribution < 1.29 is 9.66 Å². The lowest BCUT2D eigenvalue weighted by Crippen LogP contribution is -1.89. The van der Waals surface area contributed by atoms with Gasteiger partial charge in [-0.1, -0.05) is 0 Å². The Morgan fingerprint density at radius 3 is 2.86 bits per heavy atom. The number of pyridine rings is 1. The van der Waals surface area contributed by atoms with Crippen molar-refractivity contribution in [3.8, 4) is 17.1 Å². The van der Waals surface area contributed by atoms with E-state index >= 15 is 0 Å². The first-order valence-electron chi connectivity index (χ1n) is 6.35. The topological polar surface area (TPSA) is 93.9 Å². The molecule has 7 nitrogen and oxygen atoms in total. The Morgan fingerprint density at radius 1 is 1.36 bits per heavy atom. The van der Waals surface area contributed by atoms with Gasteiger partial charge in [0.05, 0.1) is 23.1 Å². The fraction of sp³-hybridized carbons (Fsp3) is 0.143. The monoisotopic (exact) mass is 316 g/mol. The van der Waals surface area contributed by atoms with E-state index in [1.807, 2.05) is 24.5 Å². The number of ether oxygens (including phenoxy) is 1. The SMILES string of the molecule is COc1cc(SC)ccc1-c1nc2ncc([N+](=O)[O-])cc2[nH]1. The molecule has 0 amide bonds. The predicted octanol–water partition coefficient (Wildman–Crippen LogP) is 3.26. The average Bonchev–Trinajstić information content (AvgIpc) is 2.96. The van der Waals surface area contributed by atoms with Crippen molar-refractivity contribution in [1.82, 2.24) is 15.0 Å². The second-order valence-corrected chi connectivity index (χ2v) is 5.35. The smallest absolute Gasteiger partial charge is 0.289 e. The van der Waals surface area contributed by atoms with E-state index in [-0.39, 0.29) is 5.69 Å². The van der Waals surface area contributed by atoms with Crippen LogP contribution in [0.4, 0.5) is 5.69 Å². The summed E-state index contributed by atoms with van der Waals surface area (Å²) in [5.74, 6) is 1.24. The molecule has 0 aliphatic heterocycles. The number of nitro groups is 1. The first-order chi connectivity index (χ1) is 10.6. The van der Waals surface area contributed by atoms with Gasteiger partial charge in [0.25, 0.3) is 5.69 Å². The molecule has 8 heteroatoms. The minimum absolute atomic E-state index is 0.0765. The molecule has 1 aromatic carbocycles. The first kappa shape index (κ1) is 14.3. The number of aromatic amines is 1. The fourth-order valence-electron chi connectivity index (χ4n) is 2.11. The Morgan fingerprint density at radius 2 is 2.18 bits per heavy atom. The van der Waals surface area contributed by atoms with Gasteiger partial charge in [-0.25, -0.2) is 9.97 Å². The van der Waals surface area contributed by atoms with Crippen LogP contribution in [0.1, 0.15) is 0 Å². The van der Waals surface area contributed by atoms with Gasteiger partial charge in [-0.3, -0.25) is 10.1 Å². The summed E-state index contributed by atoms with van der Waals surface area (Å²) in [5, 5.41) is 10.8. The summed E-state index contributed by atoms with van der Waals surface area (Å²) in [6.45, 7) is 0. The molecule has 3 rings (SSSR count). The normalized spacial score (nSPS) is 10.8. The van der Waals surface area contributed by atoms with E-state index in [2.05, 4.69) is 15.0 Å². The van der Waals surface area contributed by atoms with Gasteiger partial charge in [-0.2, -0.15) is 0 Å². The van der Waals surface area contributed by atoms with E-state index in [1.165, 1.54) is 12.3 Å². The number of H-pyrrole nitrogens is 1. The maximum absolute atomic E-state index is 10.8. The Balaban J connectivity index is 2.12. The molecule has 0 saturated heterocycles. The Labute approximate surface area is 129 Å². The Hall–Kier alpha value is -2.61. The molecule has 22 heavy (non-hydrogen) atoms. The molecule has 112 valence electrons. The number of nitrogens with one attached hydrogen (secondary N) is 1. The lowest BCUT2D eigenvalue weighted by atomic mass is 10.2. The summed E-state index contributed by atoms with van der Waals surface area (Å²) in [7, 11) is 1.59. The average molecular weight is 316 g/mol. The third-order valence-electron chi connectivity index (χ3n) is 3.20. The Bertz CT molecular complexity index is 862. The Kier molecular flexibility index (Phi) is 3.68. The number of imidazole rings is 1. The van der Waals surface area contributed by atoms with Gasteiger partial charge in [-0.15, -0.1) is 11.8 Å². The van der Waals surface area contributed by atoms with E-state index in [9.17, 15) is 10.1 Å². The van der Waals surface area contributed by atoms with Gasteiger partial charge in [0.2, 0.25) is 0 Å². The van der Waals surface area contributed by atoms with Crippen LogP contribution in [0.5, 0.6) is 5.75 Å². The number of hydrogen-bond donors (Lipinski definition) is 1. The highest BCUT2D eigenvalue weighted by Gasteiger charge is 2.14. The molecule has 0 unspecified atom stereocenters. The van der Waals surface area contributed by atoms with Crippen molar-refractivity contribution in [1.29, 1.82) is 0 Å². The number of rotatable bonds is 4. The standard InChI is InChI=1S/C14H12N4O3S/c1-21-12-6-9(22-2)3-4-10(12)13-16-11-5-8(18(19)20)7-15-14(11)17-13/h3-7H,1-2H3,(H,15,16,17). The third kappa shape index (κ3) is 2.48. The number of nitrogens with zero attached hydrogens (tertiary/aromatic N) is 3. The second-order valence-electron chi connectivity index (χ2n) is 4.47. The van der Waals surface area contributed by atoms with Crippen molar-refractivity contribution in [3.63, 3.8) is 0 Å². The van der Waals surface area contributed by atoms with Gasteiger partial charge < -0.3 is 9.72 Å². The number of methoxy groups -OCH3 is 1. The summed E-state index contributed by atoms with van der Waals surface area (Å²) in [4.78, 5) is 22.8. The highest BCUT2D eigenvalue weighted by molar-refractivity contribution is 7.98. The highest BCUT2D eigenvalue weighted by atomic mass is 32.2. The fourth-order valence-corrected chi connectivity index (χ4v) is 2.54. The predicted molar refractivity (Wildman–Crippen MR) is 84.3 cm³/mol. The van der Waals surface area contributed by atoms with Crippen LogP contribution in [0, 0.1) is 10.1 Å². The number of aromatic nitrogens is 3. The van der Waals surface area contributed by atoms with Crippen LogP contribution in [0.2, 0.25) is 0 Å². The van der Waals surface area contributed by atoms with Crippen LogP contribution in [0.3, 0.4) is 0 Å². The largest absolute Gasteiger partial charge is 0.496 e. The zero-order valence-corrected chi connectivity index (χ0v) is 12.7. The first-order valence-corrected chi connectivity index (χ1v) is 7.57. The molecule has 0 saturated carbocycles. The zero-order chi connectivity index (χ0) is 15.7. The molecular weight excluding hydrogens is 304 g/mol. The third-order valence-corrected chi connectivity index (χ3v) is 3.92. The van der Waals surface area contributed by atoms with Crippen molar-refractivity contribution >= 4 is 28.6 Å². The quantitative estimate of drug-likeness (QED) is 0.451. The summed E-state index contributed by atoms with van der Waals surface area (Å²) in [5.41, 5.74) is 1.64. The van der Waals surface area contributed by atoms with E-state index < -0.39 is 4.92 Å². The van der Waals surface area contributed by atoms with E-state index in [1.54, 1.807) is 18.9 Å². The minimum atomic E-state index is -0.485. The summed E-state index contributed by atoms with van der Waals surface area (Å²) in [6.07, 6.45) is 3.18. The number of benzene rings is 1. The summed E-state index contributed by atoms with van der Waals surface area (Å²) < 4.78 is 5.40. The maximum atomic E-state index is 10.8. The molecule has 0 fully saturated rings. The second kappa shape index (κ2) is 5.64. The highest BCUT2D eigenvalue weighted by Crippen LogP contribution is 2.32. The molecular formula is C14H12N4O3S. The molecule has 2 heterocycles. The molecule has 0 radical (unpaired) electrons. The minimum Gasteiger partial charge on any atom is -0.496 e. The van der Waals surface area contributed by atoms with Crippen LogP contribution in [-0.2, 0) is 0 Å². The van der Waals surface area contributed by atoms with Crippen molar-refractivity contribution in [2.45, 2.75) is 4.90 Å². The molecule has 0 atom stereocenters. The van der Waals surface area contributed by atoms with Gasteiger partial charge >= 0.3 is 0 Å². The molecule has 0 aliphatic rings. The van der Waals surface area contributed by atoms with E-state index in [0.29, 0.717) is 22.7 Å². The summed E-state index contributed by atoms with van der Waals surface area (Å²) >= 11 is 1.61. The number of fused-ring (bicyclic) bond motifs is 1. The van der Waals surface area contributed by atoms with Crippen molar-refractivity contribution in [2.24, 2.45) is 0 Å². The molecule has 3 aromatic rings. The molecule has 0 spiro atoms. The molecule has 1 N–H and O–H groups in total. The molecule has 2 aromatic heterocycles. The number of thioether (sulfide) groups is 1. The van der Waals surface area contributed by atoms with Crippen LogP contribution in [-0.4, -0.2) is 33.2 Å². The maximum Gasteiger partial charge on any atom is 0.289 e. The van der Waals surface area contributed by atoms with Gasteiger partial charge in [0.15, 0.2) is 5.65 Å². The molecule has 0 bridgehead atoms. The molecule has 0 aliphatic carbocycles. The van der Waals surface area contributed by atoms with Gasteiger partial charge in [-0.05, 0) is 24.5 Å². The van der Waals surface area contributed by atoms with Crippen LogP contribution < -0.4 is 4.74 Å².